The summed E-state index contributed by atoms with van der Waals surface area (Å²) in [6.07, 6.45) is 3.68. The van der Waals surface area contributed by atoms with Crippen LogP contribution in [0, 0.1) is 0 Å². The van der Waals surface area contributed by atoms with E-state index in [4.69, 9.17) is 4.74 Å². The van der Waals surface area contributed by atoms with E-state index in [-0.39, 0.29) is 36.4 Å². The standard InChI is InChI=1S/C17H20N4O4S/c22-14(19-11-1-2-11)7-12-9-25-5-4-21(12)15(23)8-20-10-18-13-3-6-26-16(13)17(20)24/h3,6,10-12H,1-2,4-5,7-9H2,(H,19,22). The van der Waals surface area contributed by atoms with E-state index in [1.165, 1.54) is 22.2 Å². The molecule has 4 rings (SSSR count). The number of amides is 2. The van der Waals surface area contributed by atoms with Crippen molar-refractivity contribution in [2.24, 2.45) is 0 Å². The maximum atomic E-state index is 12.8. The Kier molecular flexibility index (Phi) is 4.73. The highest BCUT2D eigenvalue weighted by Gasteiger charge is 2.31. The van der Waals surface area contributed by atoms with E-state index in [0.29, 0.717) is 36.0 Å². The summed E-state index contributed by atoms with van der Waals surface area (Å²) in [4.78, 5) is 43.2. The minimum Gasteiger partial charge on any atom is -0.377 e. The number of hydrogen-bond acceptors (Lipinski definition) is 6. The zero-order valence-electron chi connectivity index (χ0n) is 14.2. The number of ether oxygens (including phenoxy) is 1. The van der Waals surface area contributed by atoms with Crippen molar-refractivity contribution in [1.29, 1.82) is 0 Å². The summed E-state index contributed by atoms with van der Waals surface area (Å²) in [5, 5.41) is 4.75. The van der Waals surface area contributed by atoms with E-state index in [2.05, 4.69) is 10.3 Å². The first-order valence-corrected chi connectivity index (χ1v) is 9.59. The van der Waals surface area contributed by atoms with E-state index in [0.717, 1.165) is 12.8 Å². The van der Waals surface area contributed by atoms with Gasteiger partial charge in [0.05, 0.1) is 31.1 Å². The van der Waals surface area contributed by atoms with E-state index in [1.807, 2.05) is 5.38 Å². The molecule has 8 nitrogen and oxygen atoms in total. The molecule has 1 saturated carbocycles. The fraction of sp³-hybridized carbons (Fsp3) is 0.529. The number of rotatable bonds is 5. The van der Waals surface area contributed by atoms with Gasteiger partial charge < -0.3 is 15.0 Å². The summed E-state index contributed by atoms with van der Waals surface area (Å²) in [7, 11) is 0. The molecule has 3 heterocycles. The molecule has 0 aromatic carbocycles. The van der Waals surface area contributed by atoms with Gasteiger partial charge in [0.15, 0.2) is 0 Å². The van der Waals surface area contributed by atoms with Gasteiger partial charge in [-0.25, -0.2) is 4.98 Å². The molecule has 138 valence electrons. The summed E-state index contributed by atoms with van der Waals surface area (Å²) in [6.45, 7) is 1.11. The molecule has 2 fully saturated rings. The summed E-state index contributed by atoms with van der Waals surface area (Å²) in [5.74, 6) is -0.253. The minimum absolute atomic E-state index is 0.0559. The van der Waals surface area contributed by atoms with E-state index in [1.54, 1.807) is 11.0 Å². The highest BCUT2D eigenvalue weighted by molar-refractivity contribution is 7.17. The van der Waals surface area contributed by atoms with Crippen LogP contribution in [0.2, 0.25) is 0 Å². The molecule has 0 radical (unpaired) electrons. The molecule has 2 aromatic heterocycles. The van der Waals surface area contributed by atoms with Gasteiger partial charge in [0.2, 0.25) is 11.8 Å². The predicted molar refractivity (Wildman–Crippen MR) is 96.0 cm³/mol. The number of morpholine rings is 1. The Morgan fingerprint density at radius 3 is 3.04 bits per heavy atom. The lowest BCUT2D eigenvalue weighted by atomic mass is 10.1. The van der Waals surface area contributed by atoms with Crippen molar-refractivity contribution in [3.05, 3.63) is 28.1 Å². The van der Waals surface area contributed by atoms with Crippen molar-refractivity contribution < 1.29 is 14.3 Å². The Morgan fingerprint density at radius 2 is 2.23 bits per heavy atom. The maximum Gasteiger partial charge on any atom is 0.271 e. The van der Waals surface area contributed by atoms with Crippen LogP contribution in [-0.4, -0.2) is 58.1 Å². The molecule has 0 bridgehead atoms. The zero-order chi connectivity index (χ0) is 18.1. The number of nitrogens with one attached hydrogen (secondary N) is 1. The largest absolute Gasteiger partial charge is 0.377 e. The average Bonchev–Trinajstić information content (AvgIpc) is 3.30. The number of carbonyl (C=O) groups is 2. The quantitative estimate of drug-likeness (QED) is 0.813. The first kappa shape index (κ1) is 17.2. The van der Waals surface area contributed by atoms with Crippen LogP contribution in [0.15, 0.2) is 22.6 Å². The first-order valence-electron chi connectivity index (χ1n) is 8.71. The Bertz CT molecular complexity index is 888. The first-order chi connectivity index (χ1) is 12.6. The fourth-order valence-corrected chi connectivity index (χ4v) is 3.90. The molecule has 26 heavy (non-hydrogen) atoms. The number of hydrogen-bond donors (Lipinski definition) is 1. The van der Waals surface area contributed by atoms with Gasteiger partial charge in [-0.2, -0.15) is 0 Å². The Labute approximate surface area is 153 Å². The molecule has 2 aromatic rings. The van der Waals surface area contributed by atoms with Gasteiger partial charge in [0, 0.05) is 19.0 Å². The van der Waals surface area contributed by atoms with Crippen LogP contribution in [0.4, 0.5) is 0 Å². The molecule has 2 aliphatic rings. The molecule has 1 N–H and O–H groups in total. The second-order valence-electron chi connectivity index (χ2n) is 6.67. The molecule has 1 aliphatic heterocycles. The number of fused-ring (bicyclic) bond motifs is 1. The third-order valence-corrected chi connectivity index (χ3v) is 5.54. The number of carbonyl (C=O) groups excluding carboxylic acids is 2. The van der Waals surface area contributed by atoms with Gasteiger partial charge in [0.1, 0.15) is 11.2 Å². The highest BCUT2D eigenvalue weighted by Crippen LogP contribution is 2.20. The van der Waals surface area contributed by atoms with Crippen molar-refractivity contribution >= 4 is 33.4 Å². The van der Waals surface area contributed by atoms with Crippen molar-refractivity contribution in [1.82, 2.24) is 19.8 Å². The zero-order valence-corrected chi connectivity index (χ0v) is 15.0. The second kappa shape index (κ2) is 7.16. The van der Waals surface area contributed by atoms with E-state index < -0.39 is 0 Å². The summed E-state index contributed by atoms with van der Waals surface area (Å²) in [6, 6.07) is 1.77. The average molecular weight is 376 g/mol. The monoisotopic (exact) mass is 376 g/mol. The van der Waals surface area contributed by atoms with Crippen LogP contribution < -0.4 is 10.9 Å². The molecular formula is C17H20N4O4S. The van der Waals surface area contributed by atoms with Gasteiger partial charge in [0.25, 0.3) is 5.56 Å². The SMILES string of the molecule is O=C(CC1COCCN1C(=O)Cn1cnc2ccsc2c1=O)NC1CC1. The predicted octanol–water partition coefficient (Wildman–Crippen LogP) is 0.354. The van der Waals surface area contributed by atoms with Crippen LogP contribution in [-0.2, 0) is 20.9 Å². The number of thiophene rings is 1. The second-order valence-corrected chi connectivity index (χ2v) is 7.59. The molecular weight excluding hydrogens is 356 g/mol. The minimum atomic E-state index is -0.302. The van der Waals surface area contributed by atoms with Gasteiger partial charge >= 0.3 is 0 Å². The summed E-state index contributed by atoms with van der Waals surface area (Å²) >= 11 is 1.32. The van der Waals surface area contributed by atoms with Crippen molar-refractivity contribution in [2.45, 2.75) is 37.9 Å². The molecule has 0 spiro atoms. The normalized spacial score (nSPS) is 20.3. The third kappa shape index (κ3) is 3.63. The topological polar surface area (TPSA) is 93.5 Å². The molecule has 2 amide bonds. The van der Waals surface area contributed by atoms with Gasteiger partial charge in [-0.3, -0.25) is 19.0 Å². The van der Waals surface area contributed by atoms with Crippen LogP contribution in [0.25, 0.3) is 10.2 Å². The molecule has 9 heteroatoms. The number of nitrogens with zero attached hydrogens (tertiary/aromatic N) is 3. The lowest BCUT2D eigenvalue weighted by molar-refractivity contribution is -0.142. The van der Waals surface area contributed by atoms with Gasteiger partial charge in [-0.1, -0.05) is 0 Å². The Hall–Kier alpha value is -2.26. The van der Waals surface area contributed by atoms with Gasteiger partial charge in [-0.15, -0.1) is 11.3 Å². The molecule has 1 atom stereocenters. The van der Waals surface area contributed by atoms with E-state index in [9.17, 15) is 14.4 Å². The van der Waals surface area contributed by atoms with Crippen LogP contribution >= 0.6 is 11.3 Å². The highest BCUT2D eigenvalue weighted by atomic mass is 32.1. The van der Waals surface area contributed by atoms with E-state index >= 15 is 0 Å². The summed E-state index contributed by atoms with van der Waals surface area (Å²) in [5.41, 5.74) is 0.430. The molecule has 1 saturated heterocycles. The van der Waals surface area contributed by atoms with Crippen molar-refractivity contribution in [3.8, 4) is 0 Å². The third-order valence-electron chi connectivity index (χ3n) is 4.65. The Balaban J connectivity index is 1.46. The Morgan fingerprint density at radius 1 is 1.38 bits per heavy atom. The van der Waals surface area contributed by atoms with Crippen LogP contribution in [0.3, 0.4) is 0 Å². The molecule has 1 unspecified atom stereocenters. The van der Waals surface area contributed by atoms with Crippen LogP contribution in [0.1, 0.15) is 19.3 Å². The van der Waals surface area contributed by atoms with Gasteiger partial charge in [-0.05, 0) is 24.3 Å². The smallest absolute Gasteiger partial charge is 0.271 e. The lowest BCUT2D eigenvalue weighted by Crippen LogP contribution is -2.52. The van der Waals surface area contributed by atoms with Crippen molar-refractivity contribution in [3.63, 3.8) is 0 Å². The summed E-state index contributed by atoms with van der Waals surface area (Å²) < 4.78 is 7.33. The fourth-order valence-electron chi connectivity index (χ4n) is 3.11. The lowest BCUT2D eigenvalue weighted by Gasteiger charge is -2.35. The number of aromatic nitrogens is 2. The maximum absolute atomic E-state index is 12.8. The molecule has 1 aliphatic carbocycles. The van der Waals surface area contributed by atoms with Crippen molar-refractivity contribution in [2.75, 3.05) is 19.8 Å². The van der Waals surface area contributed by atoms with Crippen LogP contribution in [0.5, 0.6) is 0 Å².